The summed E-state index contributed by atoms with van der Waals surface area (Å²) in [4.78, 5) is 0. The number of aliphatic hydroxyl groups is 3. The van der Waals surface area contributed by atoms with Crippen molar-refractivity contribution in [3.63, 3.8) is 0 Å². The summed E-state index contributed by atoms with van der Waals surface area (Å²) in [7, 11) is 1.73. The Morgan fingerprint density at radius 2 is 1.83 bits per heavy atom. The third-order valence-electron chi connectivity index (χ3n) is 5.76. The molecule has 7 nitrogen and oxygen atoms in total. The summed E-state index contributed by atoms with van der Waals surface area (Å²) < 4.78 is 17.7. The lowest BCUT2D eigenvalue weighted by atomic mass is 9.74. The van der Waals surface area contributed by atoms with Crippen LogP contribution in [0.1, 0.15) is 33.6 Å². The predicted molar refractivity (Wildman–Crippen MR) is 81.5 cm³/mol. The molecular formula is C16H29NO6. The largest absolute Gasteiger partial charge is 0.391 e. The summed E-state index contributed by atoms with van der Waals surface area (Å²) in [5.74, 6) is -2.06. The Morgan fingerprint density at radius 3 is 2.43 bits per heavy atom. The van der Waals surface area contributed by atoms with Gasteiger partial charge in [-0.1, -0.05) is 13.8 Å². The first kappa shape index (κ1) is 17.5. The van der Waals surface area contributed by atoms with Gasteiger partial charge in [-0.15, -0.1) is 0 Å². The highest BCUT2D eigenvalue weighted by Crippen LogP contribution is 2.45. The summed E-state index contributed by atoms with van der Waals surface area (Å²) in [6.07, 6.45) is -2.64. The lowest BCUT2D eigenvalue weighted by Gasteiger charge is -2.57. The highest BCUT2D eigenvalue weighted by molar-refractivity contribution is 5.06. The summed E-state index contributed by atoms with van der Waals surface area (Å²) >= 11 is 0. The van der Waals surface area contributed by atoms with E-state index >= 15 is 0 Å². The van der Waals surface area contributed by atoms with Gasteiger partial charge in [-0.2, -0.15) is 0 Å². The second-order valence-corrected chi connectivity index (χ2v) is 7.22. The van der Waals surface area contributed by atoms with Crippen molar-refractivity contribution < 1.29 is 29.5 Å². The van der Waals surface area contributed by atoms with Crippen LogP contribution in [0.2, 0.25) is 0 Å². The summed E-state index contributed by atoms with van der Waals surface area (Å²) in [5, 5.41) is 35.2. The van der Waals surface area contributed by atoms with Crippen LogP contribution in [0.15, 0.2) is 0 Å². The van der Waals surface area contributed by atoms with Gasteiger partial charge < -0.3 is 34.8 Å². The number of aliphatic hydroxyl groups excluding tert-OH is 2. The predicted octanol–water partition coefficient (Wildman–Crippen LogP) is -0.420. The molecule has 7 heteroatoms. The van der Waals surface area contributed by atoms with Gasteiger partial charge in [0.05, 0.1) is 24.4 Å². The van der Waals surface area contributed by atoms with Crippen molar-refractivity contribution in [2.75, 3.05) is 7.05 Å². The van der Waals surface area contributed by atoms with Gasteiger partial charge in [0.1, 0.15) is 12.2 Å². The van der Waals surface area contributed by atoms with Crippen molar-refractivity contribution in [3.8, 4) is 0 Å². The molecule has 2 saturated heterocycles. The average Bonchev–Trinajstić information content (AvgIpc) is 2.49. The van der Waals surface area contributed by atoms with E-state index in [1.807, 2.05) is 20.8 Å². The van der Waals surface area contributed by atoms with E-state index < -0.39 is 42.5 Å². The first-order valence-electron chi connectivity index (χ1n) is 8.58. The Labute approximate surface area is 136 Å². The number of ether oxygens (including phenoxy) is 3. The topological polar surface area (TPSA) is 100 Å². The molecule has 1 saturated carbocycles. The molecule has 0 bridgehead atoms. The first-order valence-corrected chi connectivity index (χ1v) is 8.58. The van der Waals surface area contributed by atoms with E-state index in [1.54, 1.807) is 7.05 Å². The van der Waals surface area contributed by atoms with Gasteiger partial charge in [0.2, 0.25) is 12.1 Å². The first-order chi connectivity index (χ1) is 10.8. The van der Waals surface area contributed by atoms with Crippen LogP contribution < -0.4 is 5.32 Å². The van der Waals surface area contributed by atoms with Crippen molar-refractivity contribution in [2.24, 2.45) is 11.8 Å². The fourth-order valence-electron chi connectivity index (χ4n) is 4.35. The molecule has 10 atom stereocenters. The van der Waals surface area contributed by atoms with Crippen LogP contribution in [0.5, 0.6) is 0 Å². The number of rotatable bonds is 2. The van der Waals surface area contributed by atoms with Gasteiger partial charge in [-0.3, -0.25) is 0 Å². The molecule has 3 rings (SSSR count). The lowest BCUT2D eigenvalue weighted by molar-refractivity contribution is -0.458. The van der Waals surface area contributed by atoms with Crippen LogP contribution in [-0.4, -0.2) is 71.0 Å². The zero-order valence-corrected chi connectivity index (χ0v) is 14.2. The zero-order valence-electron chi connectivity index (χ0n) is 14.2. The highest BCUT2D eigenvalue weighted by Gasteiger charge is 2.62. The summed E-state index contributed by atoms with van der Waals surface area (Å²) in [6.45, 7) is 5.75. The molecule has 3 aliphatic rings. The Morgan fingerprint density at radius 1 is 1.13 bits per heavy atom. The Kier molecular flexibility index (Phi) is 4.74. The minimum Gasteiger partial charge on any atom is -0.391 e. The molecule has 0 spiro atoms. The number of nitrogens with one attached hydrogen (secondary N) is 1. The van der Waals surface area contributed by atoms with Crippen LogP contribution >= 0.6 is 0 Å². The molecule has 2 aliphatic heterocycles. The van der Waals surface area contributed by atoms with Crippen LogP contribution in [0.4, 0.5) is 0 Å². The number of likely N-dealkylation sites (N-methyl/N-ethyl adjacent to an activating group) is 1. The van der Waals surface area contributed by atoms with Crippen LogP contribution in [0.3, 0.4) is 0 Å². The molecule has 1 aliphatic carbocycles. The zero-order chi connectivity index (χ0) is 16.9. The standard InChI is InChI=1S/C16H29NO6/c1-5-9-11(18)10(17-4)13-14(12(9)19)22-15-16(20,23-13)7(2)6-8(3)21-15/h7-15,17-20H,5-6H2,1-4H3/t7?,8-,9-,10+,11+,12+,13-,14-,15+,16+/m1/s1. The minimum atomic E-state index is -1.57. The van der Waals surface area contributed by atoms with Gasteiger partial charge in [0, 0.05) is 11.8 Å². The fourth-order valence-corrected chi connectivity index (χ4v) is 4.35. The molecule has 3 fully saturated rings. The van der Waals surface area contributed by atoms with Gasteiger partial charge in [-0.05, 0) is 26.8 Å². The molecule has 0 aromatic carbocycles. The molecule has 2 heterocycles. The van der Waals surface area contributed by atoms with Crippen molar-refractivity contribution in [2.45, 2.75) is 82.3 Å². The normalized spacial score (nSPS) is 56.7. The van der Waals surface area contributed by atoms with E-state index in [4.69, 9.17) is 14.2 Å². The van der Waals surface area contributed by atoms with Gasteiger partial charge in [-0.25, -0.2) is 0 Å². The molecule has 0 aromatic heterocycles. The van der Waals surface area contributed by atoms with Crippen molar-refractivity contribution >= 4 is 0 Å². The number of hydrogen-bond donors (Lipinski definition) is 4. The second kappa shape index (κ2) is 6.22. The maximum absolute atomic E-state index is 11.0. The SMILES string of the molecule is CC[C@@H]1[C@H](O)[C@H](NC)[C@H]2O[C@@]3(O)C(C)C[C@@H](C)O[C@H]3O[C@@H]2[C@H]1O. The molecule has 0 aromatic rings. The molecule has 134 valence electrons. The van der Waals surface area contributed by atoms with Gasteiger partial charge in [0.15, 0.2) is 0 Å². The number of hydrogen-bond acceptors (Lipinski definition) is 7. The van der Waals surface area contributed by atoms with E-state index in [0.29, 0.717) is 12.8 Å². The Bertz CT molecular complexity index is 437. The smallest absolute Gasteiger partial charge is 0.221 e. The van der Waals surface area contributed by atoms with Crippen molar-refractivity contribution in [3.05, 3.63) is 0 Å². The molecule has 23 heavy (non-hydrogen) atoms. The Balaban J connectivity index is 1.91. The van der Waals surface area contributed by atoms with Crippen LogP contribution in [-0.2, 0) is 14.2 Å². The Hall–Kier alpha value is -0.280. The van der Waals surface area contributed by atoms with E-state index in [2.05, 4.69) is 5.32 Å². The van der Waals surface area contributed by atoms with Crippen molar-refractivity contribution in [1.29, 1.82) is 0 Å². The van der Waals surface area contributed by atoms with Crippen LogP contribution in [0, 0.1) is 11.8 Å². The third-order valence-corrected chi connectivity index (χ3v) is 5.76. The average molecular weight is 331 g/mol. The van der Waals surface area contributed by atoms with E-state index in [-0.39, 0.29) is 17.9 Å². The molecular weight excluding hydrogens is 302 g/mol. The van der Waals surface area contributed by atoms with Gasteiger partial charge >= 0.3 is 0 Å². The maximum atomic E-state index is 11.0. The molecule has 0 amide bonds. The third kappa shape index (κ3) is 2.63. The second-order valence-electron chi connectivity index (χ2n) is 7.22. The van der Waals surface area contributed by atoms with E-state index in [1.165, 1.54) is 0 Å². The molecule has 1 unspecified atom stereocenters. The van der Waals surface area contributed by atoms with Crippen LogP contribution in [0.25, 0.3) is 0 Å². The van der Waals surface area contributed by atoms with E-state index in [9.17, 15) is 15.3 Å². The monoisotopic (exact) mass is 331 g/mol. The molecule has 0 radical (unpaired) electrons. The number of fused-ring (bicyclic) bond motifs is 2. The quantitative estimate of drug-likeness (QED) is 0.545. The van der Waals surface area contributed by atoms with Gasteiger partial charge in [0.25, 0.3) is 0 Å². The van der Waals surface area contributed by atoms with E-state index in [0.717, 1.165) is 0 Å². The minimum absolute atomic E-state index is 0.0520. The highest BCUT2D eigenvalue weighted by atomic mass is 16.8. The lowest BCUT2D eigenvalue weighted by Crippen LogP contribution is -2.74. The molecule has 4 N–H and O–H groups in total. The summed E-state index contributed by atoms with van der Waals surface area (Å²) in [6, 6.07) is -0.426. The summed E-state index contributed by atoms with van der Waals surface area (Å²) in [5.41, 5.74) is 0. The maximum Gasteiger partial charge on any atom is 0.221 e. The van der Waals surface area contributed by atoms with Crippen molar-refractivity contribution in [1.82, 2.24) is 5.32 Å². The fraction of sp³-hybridized carbons (Fsp3) is 1.00.